The summed E-state index contributed by atoms with van der Waals surface area (Å²) >= 11 is 1.74. The summed E-state index contributed by atoms with van der Waals surface area (Å²) < 4.78 is 11.0. The molecule has 2 rings (SSSR count). The van der Waals surface area contributed by atoms with Crippen LogP contribution in [-0.2, 0) is 9.47 Å². The highest BCUT2D eigenvalue weighted by atomic mass is 127. The first-order valence-electron chi connectivity index (χ1n) is 8.41. The van der Waals surface area contributed by atoms with Crippen LogP contribution in [0.2, 0.25) is 0 Å². The number of hydrogen-bond donors (Lipinski definition) is 2. The van der Waals surface area contributed by atoms with Crippen LogP contribution in [0.1, 0.15) is 31.2 Å². The van der Waals surface area contributed by atoms with E-state index in [0.717, 1.165) is 58.3 Å². The largest absolute Gasteiger partial charge is 0.381 e. The van der Waals surface area contributed by atoms with Crippen molar-refractivity contribution in [1.82, 2.24) is 10.6 Å². The highest BCUT2D eigenvalue weighted by Gasteiger charge is 2.15. The van der Waals surface area contributed by atoms with Crippen molar-refractivity contribution in [1.29, 1.82) is 0 Å². The topological polar surface area (TPSA) is 54.9 Å². The van der Waals surface area contributed by atoms with Crippen LogP contribution in [0.4, 0.5) is 0 Å². The first-order valence-corrected chi connectivity index (χ1v) is 9.36. The van der Waals surface area contributed by atoms with Gasteiger partial charge < -0.3 is 20.1 Å². The summed E-state index contributed by atoms with van der Waals surface area (Å²) in [6.07, 6.45) is 2.12. The fraction of sp³-hybridized carbons (Fsp3) is 0.706. The third-order valence-electron chi connectivity index (χ3n) is 4.05. The molecular formula is C17H30IN3O2S. The van der Waals surface area contributed by atoms with Crippen LogP contribution in [-0.4, -0.2) is 52.5 Å². The van der Waals surface area contributed by atoms with Gasteiger partial charge in [0, 0.05) is 39.3 Å². The molecule has 0 bridgehead atoms. The van der Waals surface area contributed by atoms with E-state index in [1.807, 2.05) is 0 Å². The van der Waals surface area contributed by atoms with Crippen molar-refractivity contribution in [2.24, 2.45) is 10.9 Å². The molecule has 0 saturated carbocycles. The molecule has 24 heavy (non-hydrogen) atoms. The van der Waals surface area contributed by atoms with E-state index in [9.17, 15) is 0 Å². The van der Waals surface area contributed by atoms with E-state index in [1.165, 1.54) is 5.56 Å². The third-order valence-corrected chi connectivity index (χ3v) is 4.75. The number of thiophene rings is 1. The van der Waals surface area contributed by atoms with Crippen LogP contribution in [0.15, 0.2) is 21.8 Å². The molecule has 1 aromatic heterocycles. The van der Waals surface area contributed by atoms with Crippen LogP contribution in [0.5, 0.6) is 0 Å². The quantitative estimate of drug-likeness (QED) is 0.254. The minimum atomic E-state index is 0. The van der Waals surface area contributed by atoms with Gasteiger partial charge >= 0.3 is 0 Å². The molecule has 5 nitrogen and oxygen atoms in total. The summed E-state index contributed by atoms with van der Waals surface area (Å²) in [7, 11) is 1.81. The van der Waals surface area contributed by atoms with Crippen molar-refractivity contribution in [2.75, 3.05) is 46.6 Å². The standard InChI is InChI=1S/C17H29N3O2S.HI/c1-14(16-5-9-23-13-16)10-20-17(18-2)19-6-3-7-21-11-15-4-8-22-12-15;/h5,9,13-15H,3-4,6-8,10-12H2,1-2H3,(H2,18,19,20);1H. The number of nitrogens with one attached hydrogen (secondary N) is 2. The second-order valence-corrected chi connectivity index (χ2v) is 6.78. The Labute approximate surface area is 166 Å². The number of aliphatic imine (C=N–C) groups is 1. The van der Waals surface area contributed by atoms with E-state index in [2.05, 4.69) is 39.4 Å². The molecule has 0 spiro atoms. The third kappa shape index (κ3) is 8.13. The molecule has 0 radical (unpaired) electrons. The SMILES string of the molecule is CN=C(NCCCOCC1CCOC1)NCC(C)c1ccsc1.I. The van der Waals surface area contributed by atoms with Gasteiger partial charge in [-0.15, -0.1) is 24.0 Å². The van der Waals surface area contributed by atoms with Gasteiger partial charge in [-0.3, -0.25) is 4.99 Å². The zero-order valence-corrected chi connectivity index (χ0v) is 17.8. The van der Waals surface area contributed by atoms with Crippen LogP contribution in [0, 0.1) is 5.92 Å². The number of halogens is 1. The van der Waals surface area contributed by atoms with Gasteiger partial charge in [-0.1, -0.05) is 6.92 Å². The molecule has 0 amide bonds. The number of guanidine groups is 1. The Balaban J connectivity index is 0.00000288. The number of ether oxygens (including phenoxy) is 2. The summed E-state index contributed by atoms with van der Waals surface area (Å²) in [4.78, 5) is 4.26. The molecule has 1 aromatic rings. The van der Waals surface area contributed by atoms with Crippen molar-refractivity contribution < 1.29 is 9.47 Å². The fourth-order valence-electron chi connectivity index (χ4n) is 2.49. The lowest BCUT2D eigenvalue weighted by molar-refractivity contribution is 0.0888. The Morgan fingerprint density at radius 3 is 3.04 bits per heavy atom. The van der Waals surface area contributed by atoms with Crippen molar-refractivity contribution >= 4 is 41.3 Å². The maximum atomic E-state index is 5.70. The lowest BCUT2D eigenvalue weighted by Crippen LogP contribution is -2.39. The first kappa shape index (κ1) is 21.7. The molecule has 1 saturated heterocycles. The van der Waals surface area contributed by atoms with Crippen molar-refractivity contribution in [3.63, 3.8) is 0 Å². The molecule has 2 unspecified atom stereocenters. The Morgan fingerprint density at radius 2 is 2.38 bits per heavy atom. The summed E-state index contributed by atoms with van der Waals surface area (Å²) in [5, 5.41) is 11.0. The van der Waals surface area contributed by atoms with E-state index in [4.69, 9.17) is 9.47 Å². The average molecular weight is 467 g/mol. The van der Waals surface area contributed by atoms with Gasteiger partial charge in [-0.2, -0.15) is 11.3 Å². The zero-order valence-electron chi connectivity index (χ0n) is 14.6. The molecule has 0 aromatic carbocycles. The predicted octanol–water partition coefficient (Wildman–Crippen LogP) is 3.08. The molecule has 1 fully saturated rings. The highest BCUT2D eigenvalue weighted by molar-refractivity contribution is 14.0. The molecule has 2 atom stereocenters. The molecule has 1 aliphatic rings. The van der Waals surface area contributed by atoms with Gasteiger partial charge in [0.2, 0.25) is 0 Å². The maximum absolute atomic E-state index is 5.70. The predicted molar refractivity (Wildman–Crippen MR) is 112 cm³/mol. The minimum Gasteiger partial charge on any atom is -0.381 e. The second-order valence-electron chi connectivity index (χ2n) is 6.00. The number of hydrogen-bond acceptors (Lipinski definition) is 4. The Morgan fingerprint density at radius 1 is 1.50 bits per heavy atom. The van der Waals surface area contributed by atoms with Gasteiger partial charge in [0.25, 0.3) is 0 Å². The fourth-order valence-corrected chi connectivity index (χ4v) is 3.27. The van der Waals surface area contributed by atoms with E-state index in [-0.39, 0.29) is 24.0 Å². The highest BCUT2D eigenvalue weighted by Crippen LogP contribution is 2.17. The number of nitrogens with zero attached hydrogens (tertiary/aromatic N) is 1. The number of rotatable bonds is 9. The monoisotopic (exact) mass is 467 g/mol. The average Bonchev–Trinajstić information content (AvgIpc) is 3.26. The molecular weight excluding hydrogens is 437 g/mol. The van der Waals surface area contributed by atoms with Crippen LogP contribution >= 0.6 is 35.3 Å². The van der Waals surface area contributed by atoms with Gasteiger partial charge in [-0.05, 0) is 41.1 Å². The van der Waals surface area contributed by atoms with Gasteiger partial charge in [0.05, 0.1) is 13.2 Å². The first-order chi connectivity index (χ1) is 11.3. The Kier molecular flexibility index (Phi) is 11.7. The van der Waals surface area contributed by atoms with Crippen molar-refractivity contribution in [3.8, 4) is 0 Å². The van der Waals surface area contributed by atoms with E-state index >= 15 is 0 Å². The van der Waals surface area contributed by atoms with E-state index in [0.29, 0.717) is 11.8 Å². The minimum absolute atomic E-state index is 0. The van der Waals surface area contributed by atoms with E-state index < -0.39 is 0 Å². The summed E-state index contributed by atoms with van der Waals surface area (Å²) in [6.45, 7) is 7.33. The van der Waals surface area contributed by atoms with E-state index in [1.54, 1.807) is 18.4 Å². The normalized spacial score (nSPS) is 18.9. The van der Waals surface area contributed by atoms with Crippen molar-refractivity contribution in [3.05, 3.63) is 22.4 Å². The lowest BCUT2D eigenvalue weighted by Gasteiger charge is -2.15. The molecule has 1 aliphatic heterocycles. The van der Waals surface area contributed by atoms with Crippen LogP contribution < -0.4 is 10.6 Å². The smallest absolute Gasteiger partial charge is 0.190 e. The molecule has 7 heteroatoms. The Hall–Kier alpha value is -0.380. The van der Waals surface area contributed by atoms with Gasteiger partial charge in [-0.25, -0.2) is 0 Å². The maximum Gasteiger partial charge on any atom is 0.190 e. The molecule has 138 valence electrons. The molecule has 0 aliphatic carbocycles. The summed E-state index contributed by atoms with van der Waals surface area (Å²) in [5.74, 6) is 1.93. The molecule has 2 N–H and O–H groups in total. The summed E-state index contributed by atoms with van der Waals surface area (Å²) in [5.41, 5.74) is 1.38. The summed E-state index contributed by atoms with van der Waals surface area (Å²) in [6, 6.07) is 2.18. The molecule has 2 heterocycles. The lowest BCUT2D eigenvalue weighted by atomic mass is 10.1. The van der Waals surface area contributed by atoms with Crippen molar-refractivity contribution in [2.45, 2.75) is 25.7 Å². The van der Waals surface area contributed by atoms with Gasteiger partial charge in [0.1, 0.15) is 0 Å². The second kappa shape index (κ2) is 12.9. The van der Waals surface area contributed by atoms with Crippen LogP contribution in [0.25, 0.3) is 0 Å². The zero-order chi connectivity index (χ0) is 16.3. The Bertz CT molecular complexity index is 451. The van der Waals surface area contributed by atoms with Crippen LogP contribution in [0.3, 0.4) is 0 Å². The van der Waals surface area contributed by atoms with Gasteiger partial charge in [0.15, 0.2) is 5.96 Å².